The SMILES string of the molecule is CC1CCC(C)C(NCCc2nnc3ccccn23)C1. The van der Waals surface area contributed by atoms with E-state index in [0.717, 1.165) is 36.3 Å². The van der Waals surface area contributed by atoms with Crippen LogP contribution in [0.3, 0.4) is 0 Å². The Bertz CT molecular complexity index is 562. The number of nitrogens with one attached hydrogen (secondary N) is 1. The Morgan fingerprint density at radius 3 is 3.05 bits per heavy atom. The molecule has 1 fully saturated rings. The molecule has 0 spiro atoms. The molecule has 0 aliphatic heterocycles. The predicted molar refractivity (Wildman–Crippen MR) is 80.7 cm³/mol. The quantitative estimate of drug-likeness (QED) is 0.930. The molecule has 4 nitrogen and oxygen atoms in total. The minimum absolute atomic E-state index is 0.665. The predicted octanol–water partition coefficient (Wildman–Crippen LogP) is 2.69. The van der Waals surface area contributed by atoms with Crippen LogP contribution in [0, 0.1) is 11.8 Å². The average Bonchev–Trinajstić information content (AvgIpc) is 2.86. The van der Waals surface area contributed by atoms with Gasteiger partial charge in [-0.05, 0) is 36.8 Å². The van der Waals surface area contributed by atoms with Crippen molar-refractivity contribution in [1.82, 2.24) is 19.9 Å². The minimum Gasteiger partial charge on any atom is -0.313 e. The van der Waals surface area contributed by atoms with Gasteiger partial charge in [0.2, 0.25) is 0 Å². The molecule has 1 aliphatic rings. The van der Waals surface area contributed by atoms with Gasteiger partial charge in [0.1, 0.15) is 5.82 Å². The van der Waals surface area contributed by atoms with Crippen LogP contribution < -0.4 is 5.32 Å². The lowest BCUT2D eigenvalue weighted by Gasteiger charge is -2.33. The molecule has 0 radical (unpaired) electrons. The first-order valence-corrected chi connectivity index (χ1v) is 7.76. The van der Waals surface area contributed by atoms with Gasteiger partial charge in [-0.2, -0.15) is 0 Å². The van der Waals surface area contributed by atoms with E-state index in [0.29, 0.717) is 6.04 Å². The molecule has 2 aromatic rings. The van der Waals surface area contributed by atoms with E-state index in [2.05, 4.69) is 33.8 Å². The molecule has 3 rings (SSSR count). The van der Waals surface area contributed by atoms with Crippen molar-refractivity contribution in [3.05, 3.63) is 30.2 Å². The second kappa shape index (κ2) is 5.92. The third-order valence-corrected chi connectivity index (χ3v) is 4.60. The highest BCUT2D eigenvalue weighted by molar-refractivity contribution is 5.36. The highest BCUT2D eigenvalue weighted by Gasteiger charge is 2.24. The van der Waals surface area contributed by atoms with Crippen LogP contribution >= 0.6 is 0 Å². The number of hydrogen-bond acceptors (Lipinski definition) is 3. The van der Waals surface area contributed by atoms with Gasteiger partial charge in [0, 0.05) is 25.2 Å². The molecule has 1 N–H and O–H groups in total. The Balaban J connectivity index is 1.57. The van der Waals surface area contributed by atoms with Crippen LogP contribution in [0.4, 0.5) is 0 Å². The zero-order chi connectivity index (χ0) is 13.9. The Labute approximate surface area is 120 Å². The molecular formula is C16H24N4. The van der Waals surface area contributed by atoms with Crippen molar-refractivity contribution in [2.75, 3.05) is 6.54 Å². The summed E-state index contributed by atoms with van der Waals surface area (Å²) in [7, 11) is 0. The van der Waals surface area contributed by atoms with Crippen molar-refractivity contribution < 1.29 is 0 Å². The van der Waals surface area contributed by atoms with Crippen LogP contribution in [-0.4, -0.2) is 27.2 Å². The second-order valence-electron chi connectivity index (χ2n) is 6.25. The van der Waals surface area contributed by atoms with E-state index in [1.54, 1.807) is 0 Å². The zero-order valence-electron chi connectivity index (χ0n) is 12.4. The molecule has 0 amide bonds. The van der Waals surface area contributed by atoms with Crippen LogP contribution in [0.15, 0.2) is 24.4 Å². The normalized spacial score (nSPS) is 27.0. The second-order valence-corrected chi connectivity index (χ2v) is 6.25. The van der Waals surface area contributed by atoms with E-state index in [9.17, 15) is 0 Å². The first-order chi connectivity index (χ1) is 9.74. The fraction of sp³-hybridized carbons (Fsp3) is 0.625. The number of pyridine rings is 1. The fourth-order valence-corrected chi connectivity index (χ4v) is 3.25. The molecule has 0 saturated heterocycles. The van der Waals surface area contributed by atoms with Gasteiger partial charge in [-0.25, -0.2) is 0 Å². The lowest BCUT2D eigenvalue weighted by molar-refractivity contribution is 0.229. The molecule has 108 valence electrons. The summed E-state index contributed by atoms with van der Waals surface area (Å²) in [4.78, 5) is 0. The summed E-state index contributed by atoms with van der Waals surface area (Å²) in [6, 6.07) is 6.68. The van der Waals surface area contributed by atoms with Crippen molar-refractivity contribution in [3.63, 3.8) is 0 Å². The number of hydrogen-bond donors (Lipinski definition) is 1. The van der Waals surface area contributed by atoms with Gasteiger partial charge >= 0.3 is 0 Å². The highest BCUT2D eigenvalue weighted by atomic mass is 15.2. The average molecular weight is 272 g/mol. The van der Waals surface area contributed by atoms with Gasteiger partial charge in [0.05, 0.1) is 0 Å². The Morgan fingerprint density at radius 2 is 2.15 bits per heavy atom. The summed E-state index contributed by atoms with van der Waals surface area (Å²) in [5.74, 6) is 2.70. The summed E-state index contributed by atoms with van der Waals surface area (Å²) in [5, 5.41) is 12.2. The summed E-state index contributed by atoms with van der Waals surface area (Å²) < 4.78 is 2.08. The maximum absolute atomic E-state index is 4.28. The topological polar surface area (TPSA) is 42.2 Å². The van der Waals surface area contributed by atoms with Crippen LogP contribution in [-0.2, 0) is 6.42 Å². The molecule has 0 aromatic carbocycles. The van der Waals surface area contributed by atoms with Crippen LogP contribution in [0.1, 0.15) is 38.9 Å². The van der Waals surface area contributed by atoms with Crippen LogP contribution in [0.2, 0.25) is 0 Å². The van der Waals surface area contributed by atoms with Gasteiger partial charge in [-0.1, -0.05) is 26.3 Å². The smallest absolute Gasteiger partial charge is 0.160 e. The van der Waals surface area contributed by atoms with E-state index >= 15 is 0 Å². The van der Waals surface area contributed by atoms with Crippen molar-refractivity contribution in [1.29, 1.82) is 0 Å². The standard InChI is InChI=1S/C16H24N4/c1-12-6-7-13(2)14(11-12)17-9-8-16-19-18-15-5-3-4-10-20(15)16/h3-5,10,12-14,17H,6-9,11H2,1-2H3. The fourth-order valence-electron chi connectivity index (χ4n) is 3.25. The van der Waals surface area contributed by atoms with E-state index in [-0.39, 0.29) is 0 Å². The van der Waals surface area contributed by atoms with Crippen molar-refractivity contribution in [2.24, 2.45) is 11.8 Å². The van der Waals surface area contributed by atoms with Gasteiger partial charge in [0.25, 0.3) is 0 Å². The van der Waals surface area contributed by atoms with Gasteiger partial charge in [0.15, 0.2) is 5.65 Å². The third kappa shape index (κ3) is 2.85. The largest absolute Gasteiger partial charge is 0.313 e. The van der Waals surface area contributed by atoms with Gasteiger partial charge in [-0.3, -0.25) is 4.40 Å². The zero-order valence-corrected chi connectivity index (χ0v) is 12.4. The lowest BCUT2D eigenvalue weighted by atomic mass is 9.80. The first kappa shape index (κ1) is 13.6. The molecule has 3 atom stereocenters. The van der Waals surface area contributed by atoms with Crippen molar-refractivity contribution in [3.8, 4) is 0 Å². The Kier molecular flexibility index (Phi) is 4.01. The van der Waals surface area contributed by atoms with Crippen molar-refractivity contribution in [2.45, 2.75) is 45.6 Å². The number of fused-ring (bicyclic) bond motifs is 1. The molecule has 1 saturated carbocycles. The van der Waals surface area contributed by atoms with E-state index in [4.69, 9.17) is 0 Å². The molecule has 20 heavy (non-hydrogen) atoms. The molecular weight excluding hydrogens is 248 g/mol. The van der Waals surface area contributed by atoms with E-state index in [1.807, 2.05) is 24.4 Å². The Hall–Kier alpha value is -1.42. The van der Waals surface area contributed by atoms with Crippen LogP contribution in [0.5, 0.6) is 0 Å². The third-order valence-electron chi connectivity index (χ3n) is 4.60. The number of rotatable bonds is 4. The summed E-state index contributed by atoms with van der Waals surface area (Å²) >= 11 is 0. The lowest BCUT2D eigenvalue weighted by Crippen LogP contribution is -2.40. The minimum atomic E-state index is 0.665. The Morgan fingerprint density at radius 1 is 1.25 bits per heavy atom. The van der Waals surface area contributed by atoms with Crippen molar-refractivity contribution >= 4 is 5.65 Å². The summed E-state index contributed by atoms with van der Waals surface area (Å²) in [5.41, 5.74) is 0.933. The molecule has 2 aromatic heterocycles. The maximum Gasteiger partial charge on any atom is 0.160 e. The molecule has 4 heteroatoms. The summed E-state index contributed by atoms with van der Waals surface area (Å²) in [6.07, 6.45) is 7.02. The van der Waals surface area contributed by atoms with Crippen LogP contribution in [0.25, 0.3) is 5.65 Å². The molecule has 0 bridgehead atoms. The highest BCUT2D eigenvalue weighted by Crippen LogP contribution is 2.28. The first-order valence-electron chi connectivity index (χ1n) is 7.76. The van der Waals surface area contributed by atoms with Gasteiger partial charge in [-0.15, -0.1) is 10.2 Å². The van der Waals surface area contributed by atoms with E-state index in [1.165, 1.54) is 19.3 Å². The molecule has 3 unspecified atom stereocenters. The summed E-state index contributed by atoms with van der Waals surface area (Å²) in [6.45, 7) is 5.72. The molecule has 2 heterocycles. The maximum atomic E-state index is 4.28. The van der Waals surface area contributed by atoms with Gasteiger partial charge < -0.3 is 5.32 Å². The number of nitrogens with zero attached hydrogens (tertiary/aromatic N) is 3. The number of aromatic nitrogens is 3. The monoisotopic (exact) mass is 272 g/mol. The van der Waals surface area contributed by atoms with E-state index < -0.39 is 0 Å². The molecule has 1 aliphatic carbocycles.